The molecule has 3 rings (SSSR count). The predicted molar refractivity (Wildman–Crippen MR) is 88.0 cm³/mol. The molecule has 2 atom stereocenters. The first kappa shape index (κ1) is 17.1. The second kappa shape index (κ2) is 5.98. The van der Waals surface area contributed by atoms with Crippen LogP contribution in [0.2, 0.25) is 0 Å². The third kappa shape index (κ3) is 2.69. The van der Waals surface area contributed by atoms with Crippen LogP contribution in [0.5, 0.6) is 0 Å². The molecule has 1 aliphatic rings. The van der Waals surface area contributed by atoms with Gasteiger partial charge in [-0.05, 0) is 5.92 Å². The molecule has 2 aromatic rings. The number of hydrogen-bond acceptors (Lipinski definition) is 6. The number of aromatic nitrogens is 4. The predicted octanol–water partition coefficient (Wildman–Crippen LogP) is 0.203. The van der Waals surface area contributed by atoms with E-state index in [9.17, 15) is 19.2 Å². The summed E-state index contributed by atoms with van der Waals surface area (Å²) in [4.78, 5) is 53.3. The van der Waals surface area contributed by atoms with Crippen LogP contribution in [0.4, 0.5) is 0 Å². The van der Waals surface area contributed by atoms with Crippen molar-refractivity contribution < 1.29 is 14.3 Å². The van der Waals surface area contributed by atoms with Gasteiger partial charge in [0.25, 0.3) is 5.56 Å². The van der Waals surface area contributed by atoms with Gasteiger partial charge in [-0.15, -0.1) is 0 Å². The minimum Gasteiger partial charge on any atom is -0.433 e. The molecular formula is C16H20N4O5. The smallest absolute Gasteiger partial charge is 0.332 e. The third-order valence-corrected chi connectivity index (χ3v) is 4.27. The van der Waals surface area contributed by atoms with Gasteiger partial charge in [0.05, 0.1) is 5.92 Å². The maximum absolute atomic E-state index is 12.6. The van der Waals surface area contributed by atoms with Gasteiger partial charge in [-0.2, -0.15) is 0 Å². The Morgan fingerprint density at radius 3 is 2.60 bits per heavy atom. The SMILES string of the molecule is CC(C)Cn1c(=O)n(C)c(=O)c2c1ncn2C1OC(=O)C(C)CC1=O. The van der Waals surface area contributed by atoms with Gasteiger partial charge in [0.1, 0.15) is 6.33 Å². The molecule has 3 heterocycles. The number of ketones is 1. The van der Waals surface area contributed by atoms with Crippen molar-refractivity contribution in [2.75, 3.05) is 0 Å². The fourth-order valence-electron chi connectivity index (χ4n) is 2.97. The van der Waals surface area contributed by atoms with Gasteiger partial charge in [0.2, 0.25) is 6.23 Å². The summed E-state index contributed by atoms with van der Waals surface area (Å²) in [6, 6.07) is 0. The second-order valence-corrected chi connectivity index (χ2v) is 6.84. The largest absolute Gasteiger partial charge is 0.433 e. The summed E-state index contributed by atoms with van der Waals surface area (Å²) in [5, 5.41) is 0. The Morgan fingerprint density at radius 1 is 1.28 bits per heavy atom. The average Bonchev–Trinajstić information content (AvgIpc) is 2.97. The Bertz CT molecular complexity index is 981. The summed E-state index contributed by atoms with van der Waals surface area (Å²) in [6.07, 6.45) is 0.0786. The zero-order valence-electron chi connectivity index (χ0n) is 14.6. The van der Waals surface area contributed by atoms with Gasteiger partial charge in [0.15, 0.2) is 16.9 Å². The Balaban J connectivity index is 2.24. The lowest BCUT2D eigenvalue weighted by Crippen LogP contribution is -2.41. The summed E-state index contributed by atoms with van der Waals surface area (Å²) >= 11 is 0. The molecule has 0 N–H and O–H groups in total. The molecular weight excluding hydrogens is 328 g/mol. The topological polar surface area (TPSA) is 105 Å². The number of hydrogen-bond donors (Lipinski definition) is 0. The molecule has 0 saturated carbocycles. The maximum Gasteiger partial charge on any atom is 0.332 e. The van der Waals surface area contributed by atoms with Crippen LogP contribution in [0.3, 0.4) is 0 Å². The normalized spacial score (nSPS) is 21.2. The zero-order valence-corrected chi connectivity index (χ0v) is 14.6. The minimum atomic E-state index is -1.23. The highest BCUT2D eigenvalue weighted by Gasteiger charge is 2.36. The standard InChI is InChI=1S/C16H20N4O5/c1-8(2)6-19-12-11(13(22)18(4)16(19)24)20(7-17-12)14-10(21)5-9(3)15(23)25-14/h7-9,14H,5-6H2,1-4H3. The number of carbonyl (C=O) groups excluding carboxylic acids is 2. The van der Waals surface area contributed by atoms with E-state index in [1.807, 2.05) is 13.8 Å². The molecule has 1 saturated heterocycles. The molecule has 0 aromatic carbocycles. The van der Waals surface area contributed by atoms with Gasteiger partial charge in [-0.1, -0.05) is 20.8 Å². The van der Waals surface area contributed by atoms with E-state index in [0.29, 0.717) is 6.54 Å². The molecule has 1 fully saturated rings. The number of esters is 1. The van der Waals surface area contributed by atoms with E-state index in [-0.39, 0.29) is 29.3 Å². The highest BCUT2D eigenvalue weighted by molar-refractivity contribution is 5.92. The van der Waals surface area contributed by atoms with Crippen LogP contribution in [0.1, 0.15) is 33.4 Å². The van der Waals surface area contributed by atoms with Crippen molar-refractivity contribution in [1.82, 2.24) is 18.7 Å². The van der Waals surface area contributed by atoms with Crippen molar-refractivity contribution in [3.63, 3.8) is 0 Å². The molecule has 0 radical (unpaired) electrons. The molecule has 9 heteroatoms. The first-order chi connectivity index (χ1) is 11.7. The Kier molecular flexibility index (Phi) is 4.09. The minimum absolute atomic E-state index is 0.0368. The van der Waals surface area contributed by atoms with E-state index in [1.54, 1.807) is 6.92 Å². The van der Waals surface area contributed by atoms with E-state index >= 15 is 0 Å². The molecule has 0 spiro atoms. The number of carbonyl (C=O) groups is 2. The molecule has 1 aliphatic heterocycles. The molecule has 2 unspecified atom stereocenters. The fourth-order valence-corrected chi connectivity index (χ4v) is 2.97. The fraction of sp³-hybridized carbons (Fsp3) is 0.562. The van der Waals surface area contributed by atoms with Crippen molar-refractivity contribution in [3.8, 4) is 0 Å². The monoisotopic (exact) mass is 348 g/mol. The molecule has 0 amide bonds. The molecule has 25 heavy (non-hydrogen) atoms. The summed E-state index contributed by atoms with van der Waals surface area (Å²) in [6.45, 7) is 5.86. The van der Waals surface area contributed by atoms with E-state index < -0.39 is 29.4 Å². The Hall–Kier alpha value is -2.71. The number of cyclic esters (lactones) is 1. The number of rotatable bonds is 3. The number of fused-ring (bicyclic) bond motifs is 1. The number of ether oxygens (including phenoxy) is 1. The van der Waals surface area contributed by atoms with E-state index in [1.165, 1.54) is 22.5 Å². The molecule has 134 valence electrons. The lowest BCUT2D eigenvalue weighted by Gasteiger charge is -2.25. The van der Waals surface area contributed by atoms with Gasteiger partial charge in [0, 0.05) is 20.0 Å². The van der Waals surface area contributed by atoms with Crippen LogP contribution in [-0.2, 0) is 27.9 Å². The van der Waals surface area contributed by atoms with Crippen LogP contribution >= 0.6 is 0 Å². The van der Waals surface area contributed by atoms with Crippen molar-refractivity contribution in [3.05, 3.63) is 27.2 Å². The first-order valence-corrected chi connectivity index (χ1v) is 8.12. The van der Waals surface area contributed by atoms with Crippen molar-refractivity contribution in [2.24, 2.45) is 18.9 Å². The molecule has 9 nitrogen and oxygen atoms in total. The zero-order chi connectivity index (χ0) is 18.5. The number of Topliss-reactive ketones (excluding diaryl/α,β-unsaturated/α-hetero) is 1. The summed E-state index contributed by atoms with van der Waals surface area (Å²) < 4.78 is 8.83. The lowest BCUT2D eigenvalue weighted by atomic mass is 10.0. The Labute approximate surface area is 142 Å². The van der Waals surface area contributed by atoms with Gasteiger partial charge in [-0.3, -0.25) is 28.1 Å². The highest BCUT2D eigenvalue weighted by Crippen LogP contribution is 2.26. The Morgan fingerprint density at radius 2 is 1.96 bits per heavy atom. The third-order valence-electron chi connectivity index (χ3n) is 4.27. The first-order valence-electron chi connectivity index (χ1n) is 8.12. The maximum atomic E-state index is 12.6. The van der Waals surface area contributed by atoms with Crippen molar-refractivity contribution in [2.45, 2.75) is 40.0 Å². The lowest BCUT2D eigenvalue weighted by molar-refractivity contribution is -0.172. The number of nitrogens with zero attached hydrogens (tertiary/aromatic N) is 4. The van der Waals surface area contributed by atoms with Gasteiger partial charge >= 0.3 is 11.7 Å². The van der Waals surface area contributed by atoms with Crippen LogP contribution in [-0.4, -0.2) is 30.4 Å². The van der Waals surface area contributed by atoms with E-state index in [0.717, 1.165) is 4.57 Å². The highest BCUT2D eigenvalue weighted by atomic mass is 16.6. The summed E-state index contributed by atoms with van der Waals surface area (Å²) in [5.41, 5.74) is -0.801. The van der Waals surface area contributed by atoms with Crippen LogP contribution in [0.15, 0.2) is 15.9 Å². The summed E-state index contributed by atoms with van der Waals surface area (Å²) in [5.74, 6) is -1.17. The van der Waals surface area contributed by atoms with E-state index in [2.05, 4.69) is 4.98 Å². The van der Waals surface area contributed by atoms with Gasteiger partial charge in [-0.25, -0.2) is 9.78 Å². The van der Waals surface area contributed by atoms with E-state index in [4.69, 9.17) is 4.74 Å². The average molecular weight is 348 g/mol. The van der Waals surface area contributed by atoms with Crippen LogP contribution < -0.4 is 11.2 Å². The number of imidazole rings is 1. The molecule has 0 bridgehead atoms. The van der Waals surface area contributed by atoms with Crippen molar-refractivity contribution in [1.29, 1.82) is 0 Å². The van der Waals surface area contributed by atoms with Gasteiger partial charge < -0.3 is 4.74 Å². The molecule has 0 aliphatic carbocycles. The second-order valence-electron chi connectivity index (χ2n) is 6.84. The van der Waals surface area contributed by atoms with Crippen LogP contribution in [0.25, 0.3) is 11.2 Å². The quantitative estimate of drug-likeness (QED) is 0.734. The summed E-state index contributed by atoms with van der Waals surface area (Å²) in [7, 11) is 1.37. The molecule has 2 aromatic heterocycles. The van der Waals surface area contributed by atoms with Crippen LogP contribution in [0, 0.1) is 11.8 Å². The van der Waals surface area contributed by atoms with Crippen molar-refractivity contribution >= 4 is 22.9 Å².